The molecule has 1 aromatic carbocycles. The lowest BCUT2D eigenvalue weighted by atomic mass is 10.2. The summed E-state index contributed by atoms with van der Waals surface area (Å²) in [6.07, 6.45) is 1.83. The van der Waals surface area contributed by atoms with Crippen LogP contribution in [0.15, 0.2) is 42.6 Å². The van der Waals surface area contributed by atoms with Gasteiger partial charge >= 0.3 is 0 Å². The molecule has 2 rings (SSSR count). The second-order valence-electron chi connectivity index (χ2n) is 4.54. The first-order chi connectivity index (χ1) is 8.04. The lowest BCUT2D eigenvalue weighted by Crippen LogP contribution is -2.28. The summed E-state index contributed by atoms with van der Waals surface area (Å²) in [5.74, 6) is 0.510. The van der Waals surface area contributed by atoms with Crippen molar-refractivity contribution in [2.45, 2.75) is 19.4 Å². The summed E-state index contributed by atoms with van der Waals surface area (Å²) in [6.45, 7) is 3.61. The maximum atomic E-state index is 9.54. The summed E-state index contributed by atoms with van der Waals surface area (Å²) in [6, 6.07) is 11.6. The molecule has 1 aromatic heterocycles. The maximum Gasteiger partial charge on any atom is 0.233 e. The third-order valence-electron chi connectivity index (χ3n) is 2.16. The number of nitrogens with zero attached hydrogens (tertiary/aromatic N) is 2. The highest BCUT2D eigenvalue weighted by Crippen LogP contribution is 2.13. The summed E-state index contributed by atoms with van der Waals surface area (Å²) in [4.78, 5) is 0. The lowest BCUT2D eigenvalue weighted by Gasteiger charge is -2.16. The molecule has 0 spiro atoms. The highest BCUT2D eigenvalue weighted by Gasteiger charge is 2.14. The van der Waals surface area contributed by atoms with Gasteiger partial charge in [0.15, 0.2) is 0 Å². The molecule has 4 nitrogen and oxygen atoms in total. The monoisotopic (exact) mass is 232 g/mol. The molecular formula is C13H16N2O2. The molecule has 90 valence electrons. The van der Waals surface area contributed by atoms with E-state index in [1.807, 2.05) is 36.5 Å². The Bertz CT molecular complexity index is 472. The van der Waals surface area contributed by atoms with Gasteiger partial charge in [-0.1, -0.05) is 18.2 Å². The zero-order valence-corrected chi connectivity index (χ0v) is 10.00. The second-order valence-corrected chi connectivity index (χ2v) is 4.54. The Balaban J connectivity index is 2.07. The Morgan fingerprint density at radius 3 is 2.59 bits per heavy atom. The van der Waals surface area contributed by atoms with E-state index in [4.69, 9.17) is 4.74 Å². The SMILES string of the molecule is CC(C)(O)COc1ccn(-c2ccccc2)n1. The molecule has 0 aliphatic heterocycles. The average Bonchev–Trinajstić information content (AvgIpc) is 2.75. The number of rotatable bonds is 4. The molecule has 0 aliphatic rings. The predicted molar refractivity (Wildman–Crippen MR) is 65.4 cm³/mol. The second kappa shape index (κ2) is 4.59. The minimum atomic E-state index is -0.851. The first-order valence-corrected chi connectivity index (χ1v) is 5.51. The molecule has 0 amide bonds. The Hall–Kier alpha value is -1.81. The highest BCUT2D eigenvalue weighted by molar-refractivity contribution is 5.31. The third kappa shape index (κ3) is 3.32. The molecule has 0 saturated carbocycles. The first-order valence-electron chi connectivity index (χ1n) is 5.51. The van der Waals surface area contributed by atoms with Gasteiger partial charge in [0.25, 0.3) is 0 Å². The van der Waals surface area contributed by atoms with E-state index in [9.17, 15) is 5.11 Å². The van der Waals surface area contributed by atoms with E-state index in [2.05, 4.69) is 5.10 Å². The fourth-order valence-corrected chi connectivity index (χ4v) is 1.36. The minimum Gasteiger partial charge on any atom is -0.474 e. The van der Waals surface area contributed by atoms with E-state index in [1.54, 1.807) is 24.6 Å². The number of hydrogen-bond acceptors (Lipinski definition) is 3. The fourth-order valence-electron chi connectivity index (χ4n) is 1.36. The van der Waals surface area contributed by atoms with Crippen molar-refractivity contribution in [2.75, 3.05) is 6.61 Å². The largest absolute Gasteiger partial charge is 0.474 e. The molecule has 0 saturated heterocycles. The highest BCUT2D eigenvalue weighted by atomic mass is 16.5. The zero-order chi connectivity index (χ0) is 12.3. The van der Waals surface area contributed by atoms with E-state index < -0.39 is 5.60 Å². The Labute approximate surface area is 100 Å². The van der Waals surface area contributed by atoms with Crippen molar-refractivity contribution in [3.8, 4) is 11.6 Å². The number of ether oxygens (including phenoxy) is 1. The molecule has 0 atom stereocenters. The van der Waals surface area contributed by atoms with Crippen molar-refractivity contribution in [3.05, 3.63) is 42.6 Å². The molecule has 0 unspecified atom stereocenters. The third-order valence-corrected chi connectivity index (χ3v) is 2.16. The number of aromatic nitrogens is 2. The minimum absolute atomic E-state index is 0.221. The predicted octanol–water partition coefficient (Wildman–Crippen LogP) is 2.02. The Kier molecular flexibility index (Phi) is 3.15. The average molecular weight is 232 g/mol. The summed E-state index contributed by atoms with van der Waals surface area (Å²) >= 11 is 0. The molecule has 0 fully saturated rings. The number of hydrogen-bond donors (Lipinski definition) is 1. The van der Waals surface area contributed by atoms with Crippen LogP contribution in [-0.4, -0.2) is 27.1 Å². The molecule has 1 heterocycles. The summed E-state index contributed by atoms with van der Waals surface area (Å²) in [5, 5.41) is 13.8. The van der Waals surface area contributed by atoms with E-state index in [0.29, 0.717) is 5.88 Å². The summed E-state index contributed by atoms with van der Waals surface area (Å²) in [5.41, 5.74) is 0.127. The Morgan fingerprint density at radius 1 is 1.24 bits per heavy atom. The Morgan fingerprint density at radius 2 is 1.94 bits per heavy atom. The summed E-state index contributed by atoms with van der Waals surface area (Å²) < 4.78 is 7.13. The zero-order valence-electron chi connectivity index (χ0n) is 10.00. The van der Waals surface area contributed by atoms with Gasteiger partial charge in [-0.2, -0.15) is 0 Å². The quantitative estimate of drug-likeness (QED) is 0.877. The fraction of sp³-hybridized carbons (Fsp3) is 0.308. The van der Waals surface area contributed by atoms with Crippen molar-refractivity contribution >= 4 is 0 Å². The molecule has 0 radical (unpaired) electrons. The molecule has 4 heteroatoms. The smallest absolute Gasteiger partial charge is 0.233 e. The summed E-state index contributed by atoms with van der Waals surface area (Å²) in [7, 11) is 0. The van der Waals surface area contributed by atoms with E-state index in [-0.39, 0.29) is 6.61 Å². The maximum absolute atomic E-state index is 9.54. The van der Waals surface area contributed by atoms with E-state index in [1.165, 1.54) is 0 Å². The van der Waals surface area contributed by atoms with Crippen molar-refractivity contribution in [2.24, 2.45) is 0 Å². The van der Waals surface area contributed by atoms with Gasteiger partial charge in [0.05, 0.1) is 11.3 Å². The van der Waals surface area contributed by atoms with Crippen LogP contribution in [0.25, 0.3) is 5.69 Å². The molecule has 0 aliphatic carbocycles. The lowest BCUT2D eigenvalue weighted by molar-refractivity contribution is 0.0267. The van der Waals surface area contributed by atoms with Crippen LogP contribution in [0.3, 0.4) is 0 Å². The standard InChI is InChI=1S/C13H16N2O2/c1-13(2,16)10-17-12-8-9-15(14-12)11-6-4-3-5-7-11/h3-9,16H,10H2,1-2H3. The normalized spacial score (nSPS) is 11.5. The molecule has 17 heavy (non-hydrogen) atoms. The van der Waals surface area contributed by atoms with Crippen LogP contribution in [0.4, 0.5) is 0 Å². The van der Waals surface area contributed by atoms with Crippen LogP contribution < -0.4 is 4.74 Å². The van der Waals surface area contributed by atoms with Crippen molar-refractivity contribution in [1.82, 2.24) is 9.78 Å². The van der Waals surface area contributed by atoms with Gasteiger partial charge in [-0.15, -0.1) is 5.10 Å². The van der Waals surface area contributed by atoms with E-state index in [0.717, 1.165) is 5.69 Å². The molecule has 1 N–H and O–H groups in total. The van der Waals surface area contributed by atoms with Gasteiger partial charge in [-0.05, 0) is 26.0 Å². The van der Waals surface area contributed by atoms with Crippen LogP contribution in [-0.2, 0) is 0 Å². The van der Waals surface area contributed by atoms with Gasteiger partial charge in [-0.3, -0.25) is 0 Å². The van der Waals surface area contributed by atoms with E-state index >= 15 is 0 Å². The number of para-hydroxylation sites is 1. The topological polar surface area (TPSA) is 47.3 Å². The van der Waals surface area contributed by atoms with Crippen molar-refractivity contribution < 1.29 is 9.84 Å². The first kappa shape index (κ1) is 11.7. The number of aliphatic hydroxyl groups is 1. The molecule has 0 bridgehead atoms. The van der Waals surface area contributed by atoms with Gasteiger partial charge in [0.1, 0.15) is 6.61 Å². The van der Waals surface area contributed by atoms with Gasteiger partial charge in [0.2, 0.25) is 5.88 Å². The van der Waals surface area contributed by atoms with Crippen LogP contribution in [0, 0.1) is 0 Å². The van der Waals surface area contributed by atoms with Crippen LogP contribution in [0.2, 0.25) is 0 Å². The van der Waals surface area contributed by atoms with Crippen LogP contribution in [0.5, 0.6) is 5.88 Å². The van der Waals surface area contributed by atoms with Crippen LogP contribution >= 0.6 is 0 Å². The van der Waals surface area contributed by atoms with Gasteiger partial charge < -0.3 is 9.84 Å². The van der Waals surface area contributed by atoms with Crippen LogP contribution in [0.1, 0.15) is 13.8 Å². The van der Waals surface area contributed by atoms with Gasteiger partial charge in [-0.25, -0.2) is 4.68 Å². The molecule has 2 aromatic rings. The molecular weight excluding hydrogens is 216 g/mol. The van der Waals surface area contributed by atoms with Crippen molar-refractivity contribution in [1.29, 1.82) is 0 Å². The van der Waals surface area contributed by atoms with Crippen molar-refractivity contribution in [3.63, 3.8) is 0 Å². The number of benzene rings is 1. The van der Waals surface area contributed by atoms with Gasteiger partial charge in [0, 0.05) is 12.3 Å².